The lowest BCUT2D eigenvalue weighted by atomic mass is 10.1. The molecule has 0 bridgehead atoms. The summed E-state index contributed by atoms with van der Waals surface area (Å²) in [6, 6.07) is 4.67. The number of nitrogens with zero attached hydrogens (tertiary/aromatic N) is 2. The molecule has 6 heteroatoms. The first-order chi connectivity index (χ1) is 9.10. The van der Waals surface area contributed by atoms with Crippen molar-refractivity contribution in [3.63, 3.8) is 0 Å². The van der Waals surface area contributed by atoms with Crippen LogP contribution in [0.4, 0.5) is 5.69 Å². The maximum Gasteiger partial charge on any atom is 0.273 e. The summed E-state index contributed by atoms with van der Waals surface area (Å²) in [5, 5.41) is 20.4. The summed E-state index contributed by atoms with van der Waals surface area (Å²) in [4.78, 5) is 12.8. The number of rotatable bonds is 5. The molecule has 2 rings (SSSR count). The number of nitro groups is 1. The van der Waals surface area contributed by atoms with E-state index < -0.39 is 0 Å². The zero-order chi connectivity index (χ0) is 13.8. The van der Waals surface area contributed by atoms with Gasteiger partial charge in [-0.05, 0) is 37.4 Å². The molecule has 0 aromatic heterocycles. The first-order valence-electron chi connectivity index (χ1n) is 6.36. The lowest BCUT2D eigenvalue weighted by Gasteiger charge is -2.16. The molecule has 1 aliphatic heterocycles. The first-order valence-corrected chi connectivity index (χ1v) is 6.74. The average molecular weight is 285 g/mol. The molecule has 1 aliphatic rings. The minimum atomic E-state index is -0.368. The van der Waals surface area contributed by atoms with E-state index in [0.29, 0.717) is 23.0 Å². The van der Waals surface area contributed by atoms with Crippen LogP contribution >= 0.6 is 11.6 Å². The van der Waals surface area contributed by atoms with Gasteiger partial charge in [-0.15, -0.1) is 0 Å². The normalized spacial score (nSPS) is 19.8. The van der Waals surface area contributed by atoms with Crippen LogP contribution in [0.15, 0.2) is 18.2 Å². The van der Waals surface area contributed by atoms with Crippen molar-refractivity contribution in [2.75, 3.05) is 19.7 Å². The number of aliphatic hydroxyl groups is 1. The van der Waals surface area contributed by atoms with E-state index in [1.165, 1.54) is 6.07 Å². The highest BCUT2D eigenvalue weighted by Gasteiger charge is 2.24. The van der Waals surface area contributed by atoms with Crippen molar-refractivity contribution in [1.29, 1.82) is 0 Å². The summed E-state index contributed by atoms with van der Waals surface area (Å²) < 4.78 is 0. The largest absolute Gasteiger partial charge is 0.396 e. The highest BCUT2D eigenvalue weighted by Crippen LogP contribution is 2.27. The lowest BCUT2D eigenvalue weighted by Crippen LogP contribution is -2.21. The van der Waals surface area contributed by atoms with Crippen molar-refractivity contribution >= 4 is 17.3 Å². The van der Waals surface area contributed by atoms with Crippen molar-refractivity contribution in [2.24, 2.45) is 5.92 Å². The summed E-state index contributed by atoms with van der Waals surface area (Å²) in [6.07, 6.45) is 1.84. The van der Waals surface area contributed by atoms with Crippen LogP contribution in [-0.4, -0.2) is 34.6 Å². The molecule has 1 atom stereocenters. The van der Waals surface area contributed by atoms with Gasteiger partial charge in [0.15, 0.2) is 0 Å². The van der Waals surface area contributed by atoms with Crippen LogP contribution < -0.4 is 0 Å². The highest BCUT2D eigenvalue weighted by atomic mass is 35.5. The molecule has 0 radical (unpaired) electrons. The third-order valence-corrected chi connectivity index (χ3v) is 3.77. The molecule has 0 saturated carbocycles. The van der Waals surface area contributed by atoms with E-state index >= 15 is 0 Å². The summed E-state index contributed by atoms with van der Waals surface area (Å²) in [7, 11) is 0. The Morgan fingerprint density at radius 1 is 1.53 bits per heavy atom. The Balaban J connectivity index is 2.07. The molecular formula is C13H17ClN2O3. The number of nitro benzene ring substituents is 1. The fraction of sp³-hybridized carbons (Fsp3) is 0.538. The second kappa shape index (κ2) is 6.32. The Hall–Kier alpha value is -1.17. The van der Waals surface area contributed by atoms with Gasteiger partial charge in [0.25, 0.3) is 5.69 Å². The Kier molecular flexibility index (Phi) is 4.74. The van der Waals surface area contributed by atoms with Gasteiger partial charge >= 0.3 is 0 Å². The maximum atomic E-state index is 11.0. The van der Waals surface area contributed by atoms with Gasteiger partial charge in [-0.2, -0.15) is 0 Å². The zero-order valence-corrected chi connectivity index (χ0v) is 11.3. The fourth-order valence-corrected chi connectivity index (χ4v) is 2.77. The summed E-state index contributed by atoms with van der Waals surface area (Å²) in [5.74, 6) is 0.489. The number of likely N-dealkylation sites (tertiary alicyclic amines) is 1. The molecular weight excluding hydrogens is 268 g/mol. The van der Waals surface area contributed by atoms with E-state index in [1.807, 2.05) is 0 Å². The molecule has 1 fully saturated rings. The van der Waals surface area contributed by atoms with Crippen LogP contribution in [0.3, 0.4) is 0 Å². The van der Waals surface area contributed by atoms with Gasteiger partial charge in [0.05, 0.1) is 4.92 Å². The van der Waals surface area contributed by atoms with E-state index in [0.717, 1.165) is 25.9 Å². The van der Waals surface area contributed by atoms with Crippen LogP contribution in [0, 0.1) is 16.0 Å². The van der Waals surface area contributed by atoms with Crippen molar-refractivity contribution in [1.82, 2.24) is 4.90 Å². The Bertz CT molecular complexity index is 467. The SMILES string of the molecule is O=[N+]([O-])c1ccc(Cl)cc1CN1CCC(CCO)C1. The molecule has 104 valence electrons. The Morgan fingerprint density at radius 3 is 3.00 bits per heavy atom. The molecule has 1 saturated heterocycles. The van der Waals surface area contributed by atoms with Crippen molar-refractivity contribution in [3.05, 3.63) is 38.9 Å². The molecule has 1 heterocycles. The summed E-state index contributed by atoms with van der Waals surface area (Å²) in [5.41, 5.74) is 0.775. The summed E-state index contributed by atoms with van der Waals surface area (Å²) in [6.45, 7) is 2.53. The van der Waals surface area contributed by atoms with Gasteiger partial charge in [-0.1, -0.05) is 11.6 Å². The Labute approximate surface area is 116 Å². The van der Waals surface area contributed by atoms with Gasteiger partial charge in [0, 0.05) is 36.3 Å². The molecule has 1 unspecified atom stereocenters. The van der Waals surface area contributed by atoms with E-state index in [-0.39, 0.29) is 17.2 Å². The third kappa shape index (κ3) is 3.65. The number of aliphatic hydroxyl groups excluding tert-OH is 1. The highest BCUT2D eigenvalue weighted by molar-refractivity contribution is 6.30. The standard InChI is InChI=1S/C13H17ClN2O3/c14-12-1-2-13(16(18)19)11(7-12)9-15-5-3-10(8-15)4-6-17/h1-2,7,10,17H,3-6,8-9H2. The van der Waals surface area contributed by atoms with Gasteiger partial charge < -0.3 is 5.11 Å². The summed E-state index contributed by atoms with van der Waals surface area (Å²) >= 11 is 5.91. The quantitative estimate of drug-likeness (QED) is 0.666. The second-order valence-electron chi connectivity index (χ2n) is 4.93. The predicted molar refractivity (Wildman–Crippen MR) is 73.2 cm³/mol. The van der Waals surface area contributed by atoms with E-state index in [4.69, 9.17) is 16.7 Å². The molecule has 1 aromatic rings. The monoisotopic (exact) mass is 284 g/mol. The van der Waals surface area contributed by atoms with Gasteiger partial charge in [0.2, 0.25) is 0 Å². The topological polar surface area (TPSA) is 66.6 Å². The van der Waals surface area contributed by atoms with Crippen molar-refractivity contribution in [2.45, 2.75) is 19.4 Å². The first kappa shape index (κ1) is 14.2. The van der Waals surface area contributed by atoms with Gasteiger partial charge in [-0.3, -0.25) is 15.0 Å². The molecule has 1 N–H and O–H groups in total. The van der Waals surface area contributed by atoms with E-state index in [1.54, 1.807) is 12.1 Å². The molecule has 0 aliphatic carbocycles. The number of hydrogen-bond acceptors (Lipinski definition) is 4. The smallest absolute Gasteiger partial charge is 0.273 e. The molecule has 5 nitrogen and oxygen atoms in total. The predicted octanol–water partition coefficient (Wildman–Crippen LogP) is 2.45. The van der Waals surface area contributed by atoms with Gasteiger partial charge in [-0.25, -0.2) is 0 Å². The maximum absolute atomic E-state index is 11.0. The van der Waals surface area contributed by atoms with Crippen LogP contribution in [0.1, 0.15) is 18.4 Å². The third-order valence-electron chi connectivity index (χ3n) is 3.54. The van der Waals surface area contributed by atoms with Crippen LogP contribution in [0.2, 0.25) is 5.02 Å². The second-order valence-corrected chi connectivity index (χ2v) is 5.37. The molecule has 0 amide bonds. The molecule has 0 spiro atoms. The lowest BCUT2D eigenvalue weighted by molar-refractivity contribution is -0.385. The average Bonchev–Trinajstić information content (AvgIpc) is 2.77. The zero-order valence-electron chi connectivity index (χ0n) is 10.6. The van der Waals surface area contributed by atoms with E-state index in [9.17, 15) is 10.1 Å². The minimum Gasteiger partial charge on any atom is -0.396 e. The Morgan fingerprint density at radius 2 is 2.32 bits per heavy atom. The van der Waals surface area contributed by atoms with E-state index in [2.05, 4.69) is 4.90 Å². The van der Waals surface area contributed by atoms with Crippen molar-refractivity contribution < 1.29 is 10.0 Å². The van der Waals surface area contributed by atoms with Crippen LogP contribution in [0.25, 0.3) is 0 Å². The minimum absolute atomic E-state index is 0.120. The van der Waals surface area contributed by atoms with Crippen LogP contribution in [-0.2, 0) is 6.54 Å². The fourth-order valence-electron chi connectivity index (χ4n) is 2.57. The van der Waals surface area contributed by atoms with Crippen molar-refractivity contribution in [3.8, 4) is 0 Å². The molecule has 19 heavy (non-hydrogen) atoms. The van der Waals surface area contributed by atoms with Gasteiger partial charge in [0.1, 0.15) is 0 Å². The molecule has 1 aromatic carbocycles. The van der Waals surface area contributed by atoms with Crippen LogP contribution in [0.5, 0.6) is 0 Å². The number of benzene rings is 1. The number of hydrogen-bond donors (Lipinski definition) is 1. The number of halogens is 1.